The summed E-state index contributed by atoms with van der Waals surface area (Å²) >= 11 is 0. The summed E-state index contributed by atoms with van der Waals surface area (Å²) in [5.41, 5.74) is 2.69. The molecule has 0 saturated heterocycles. The number of oxime groups is 1. The molecule has 1 amide bonds. The fourth-order valence-electron chi connectivity index (χ4n) is 2.71. The Morgan fingerprint density at radius 1 is 1.07 bits per heavy atom. The number of amides is 1. The molecule has 0 heterocycles. The van der Waals surface area contributed by atoms with Crippen molar-refractivity contribution in [2.45, 2.75) is 13.8 Å². The van der Waals surface area contributed by atoms with Gasteiger partial charge < -0.3 is 14.9 Å². The van der Waals surface area contributed by atoms with E-state index in [2.05, 4.69) is 10.5 Å². The van der Waals surface area contributed by atoms with Gasteiger partial charge in [0.15, 0.2) is 6.61 Å². The molecule has 5 heteroatoms. The van der Waals surface area contributed by atoms with Crippen LogP contribution in [0.2, 0.25) is 0 Å². The zero-order valence-corrected chi connectivity index (χ0v) is 15.4. The van der Waals surface area contributed by atoms with Crippen LogP contribution >= 0.6 is 0 Å². The van der Waals surface area contributed by atoms with E-state index >= 15 is 0 Å². The lowest BCUT2D eigenvalue weighted by atomic mass is 10.0. The smallest absolute Gasteiger partial charge is 0.265 e. The van der Waals surface area contributed by atoms with Crippen molar-refractivity contribution in [3.63, 3.8) is 0 Å². The van der Waals surface area contributed by atoms with Crippen molar-refractivity contribution >= 4 is 28.6 Å². The standard InChI is InChI=1S/C22H22N2O3/c1-3-26-21-13-10-17-6-4-5-7-19(17)20(21)14-23-27-15-22(25)24-18-11-8-16(2)9-12-18/h4-14H,3,15H2,1-2H3,(H,24,25)/b23-14+. The van der Waals surface area contributed by atoms with E-state index in [0.29, 0.717) is 6.61 Å². The highest BCUT2D eigenvalue weighted by atomic mass is 16.6. The molecule has 0 aromatic heterocycles. The van der Waals surface area contributed by atoms with E-state index in [1.54, 1.807) is 6.21 Å². The van der Waals surface area contributed by atoms with Crippen LogP contribution in [-0.4, -0.2) is 25.3 Å². The minimum Gasteiger partial charge on any atom is -0.493 e. The molecule has 27 heavy (non-hydrogen) atoms. The summed E-state index contributed by atoms with van der Waals surface area (Å²) in [7, 11) is 0. The minimum atomic E-state index is -0.265. The fraction of sp³-hybridized carbons (Fsp3) is 0.182. The van der Waals surface area contributed by atoms with E-state index in [9.17, 15) is 4.79 Å². The number of hydrogen-bond acceptors (Lipinski definition) is 4. The summed E-state index contributed by atoms with van der Waals surface area (Å²) in [6, 6.07) is 19.5. The van der Waals surface area contributed by atoms with E-state index in [0.717, 1.165) is 33.3 Å². The highest BCUT2D eigenvalue weighted by Gasteiger charge is 2.07. The molecule has 3 aromatic rings. The highest BCUT2D eigenvalue weighted by Crippen LogP contribution is 2.26. The van der Waals surface area contributed by atoms with Crippen molar-refractivity contribution in [2.24, 2.45) is 5.16 Å². The van der Waals surface area contributed by atoms with Gasteiger partial charge in [0.05, 0.1) is 12.8 Å². The highest BCUT2D eigenvalue weighted by molar-refractivity contribution is 6.02. The van der Waals surface area contributed by atoms with E-state index in [-0.39, 0.29) is 12.5 Å². The van der Waals surface area contributed by atoms with Crippen LogP contribution in [0.3, 0.4) is 0 Å². The summed E-state index contributed by atoms with van der Waals surface area (Å²) in [5.74, 6) is 0.464. The average Bonchev–Trinajstić information content (AvgIpc) is 2.68. The molecule has 0 radical (unpaired) electrons. The summed E-state index contributed by atoms with van der Waals surface area (Å²) in [6.45, 7) is 4.31. The first-order chi connectivity index (χ1) is 13.2. The number of nitrogens with one attached hydrogen (secondary N) is 1. The predicted octanol–water partition coefficient (Wildman–Crippen LogP) is 4.54. The minimum absolute atomic E-state index is 0.168. The van der Waals surface area contributed by atoms with Gasteiger partial charge in [-0.25, -0.2) is 0 Å². The molecule has 0 bridgehead atoms. The maximum atomic E-state index is 12.0. The van der Waals surface area contributed by atoms with Gasteiger partial charge in [0.25, 0.3) is 5.91 Å². The number of aryl methyl sites for hydroxylation is 1. The normalized spacial score (nSPS) is 10.9. The van der Waals surface area contributed by atoms with Crippen LogP contribution in [-0.2, 0) is 9.63 Å². The summed E-state index contributed by atoms with van der Waals surface area (Å²) in [5, 5.41) is 8.83. The molecule has 3 rings (SSSR count). The zero-order valence-electron chi connectivity index (χ0n) is 15.4. The maximum Gasteiger partial charge on any atom is 0.265 e. The second-order valence-corrected chi connectivity index (χ2v) is 6.05. The Morgan fingerprint density at radius 3 is 2.63 bits per heavy atom. The van der Waals surface area contributed by atoms with E-state index < -0.39 is 0 Å². The van der Waals surface area contributed by atoms with E-state index in [1.165, 1.54) is 0 Å². The SMILES string of the molecule is CCOc1ccc2ccccc2c1/C=N/OCC(=O)Nc1ccc(C)cc1. The Morgan fingerprint density at radius 2 is 1.85 bits per heavy atom. The molecule has 0 aliphatic rings. The number of hydrogen-bond donors (Lipinski definition) is 1. The quantitative estimate of drug-likeness (QED) is 0.496. The Kier molecular flexibility index (Phi) is 6.05. The molecule has 3 aromatic carbocycles. The predicted molar refractivity (Wildman–Crippen MR) is 108 cm³/mol. The first-order valence-electron chi connectivity index (χ1n) is 8.84. The van der Waals surface area contributed by atoms with Crippen LogP contribution in [0.5, 0.6) is 5.75 Å². The van der Waals surface area contributed by atoms with Crippen LogP contribution < -0.4 is 10.1 Å². The van der Waals surface area contributed by atoms with Crippen molar-refractivity contribution in [3.05, 3.63) is 71.8 Å². The molecule has 0 saturated carbocycles. The van der Waals surface area contributed by atoms with Gasteiger partial charge in [0.2, 0.25) is 0 Å². The monoisotopic (exact) mass is 362 g/mol. The van der Waals surface area contributed by atoms with Crippen LogP contribution in [0.25, 0.3) is 10.8 Å². The van der Waals surface area contributed by atoms with Crippen LogP contribution in [0.4, 0.5) is 5.69 Å². The van der Waals surface area contributed by atoms with Gasteiger partial charge in [-0.1, -0.05) is 53.2 Å². The van der Waals surface area contributed by atoms with Gasteiger partial charge in [0, 0.05) is 11.3 Å². The van der Waals surface area contributed by atoms with E-state index in [4.69, 9.17) is 9.57 Å². The van der Waals surface area contributed by atoms with Gasteiger partial charge >= 0.3 is 0 Å². The number of ether oxygens (including phenoxy) is 1. The van der Waals surface area contributed by atoms with Crippen LogP contribution in [0.15, 0.2) is 65.8 Å². The molecule has 0 aliphatic heterocycles. The largest absolute Gasteiger partial charge is 0.493 e. The average molecular weight is 362 g/mol. The number of anilines is 1. The Bertz CT molecular complexity index is 949. The molecule has 0 atom stereocenters. The molecular weight excluding hydrogens is 340 g/mol. The van der Waals surface area contributed by atoms with Gasteiger partial charge in [-0.2, -0.15) is 0 Å². The molecule has 0 spiro atoms. The Hall–Kier alpha value is -3.34. The second-order valence-electron chi connectivity index (χ2n) is 6.05. The summed E-state index contributed by atoms with van der Waals surface area (Å²) < 4.78 is 5.69. The van der Waals surface area contributed by atoms with Crippen molar-refractivity contribution in [3.8, 4) is 5.75 Å². The number of benzene rings is 3. The first-order valence-corrected chi connectivity index (χ1v) is 8.84. The molecular formula is C22H22N2O3. The third kappa shape index (κ3) is 4.85. The number of carbonyl (C=O) groups is 1. The Labute approximate surface area is 158 Å². The van der Waals surface area contributed by atoms with Crippen LogP contribution in [0, 0.1) is 6.92 Å². The number of fused-ring (bicyclic) bond motifs is 1. The number of rotatable bonds is 7. The Balaban J connectivity index is 1.66. The maximum absolute atomic E-state index is 12.0. The molecule has 5 nitrogen and oxygen atoms in total. The van der Waals surface area contributed by atoms with Gasteiger partial charge in [-0.3, -0.25) is 4.79 Å². The molecule has 1 N–H and O–H groups in total. The van der Waals surface area contributed by atoms with Gasteiger partial charge in [-0.05, 0) is 42.8 Å². The molecule has 0 aliphatic carbocycles. The number of carbonyl (C=O) groups excluding carboxylic acids is 1. The summed E-state index contributed by atoms with van der Waals surface area (Å²) in [4.78, 5) is 17.1. The van der Waals surface area contributed by atoms with Gasteiger partial charge in [-0.15, -0.1) is 0 Å². The second kappa shape index (κ2) is 8.85. The summed E-state index contributed by atoms with van der Waals surface area (Å²) in [6.07, 6.45) is 1.59. The third-order valence-electron chi connectivity index (χ3n) is 4.02. The van der Waals surface area contributed by atoms with Crippen LogP contribution in [0.1, 0.15) is 18.1 Å². The van der Waals surface area contributed by atoms with Crippen molar-refractivity contribution in [1.82, 2.24) is 0 Å². The third-order valence-corrected chi connectivity index (χ3v) is 4.02. The van der Waals surface area contributed by atoms with Crippen molar-refractivity contribution in [1.29, 1.82) is 0 Å². The lowest BCUT2D eigenvalue weighted by Gasteiger charge is -2.10. The topological polar surface area (TPSA) is 59.9 Å². The zero-order chi connectivity index (χ0) is 19.1. The van der Waals surface area contributed by atoms with Crippen molar-refractivity contribution < 1.29 is 14.4 Å². The lowest BCUT2D eigenvalue weighted by Crippen LogP contribution is -2.16. The first kappa shape index (κ1) is 18.5. The molecule has 138 valence electrons. The van der Waals surface area contributed by atoms with Gasteiger partial charge in [0.1, 0.15) is 5.75 Å². The van der Waals surface area contributed by atoms with Crippen molar-refractivity contribution in [2.75, 3.05) is 18.5 Å². The molecule has 0 fully saturated rings. The van der Waals surface area contributed by atoms with E-state index in [1.807, 2.05) is 74.5 Å². The number of nitrogens with zero attached hydrogens (tertiary/aromatic N) is 1. The molecule has 0 unspecified atom stereocenters. The lowest BCUT2D eigenvalue weighted by molar-refractivity contribution is -0.120. The fourth-order valence-corrected chi connectivity index (χ4v) is 2.71.